The van der Waals surface area contributed by atoms with E-state index in [-0.39, 0.29) is 11.1 Å². The molecule has 0 aliphatic heterocycles. The average molecular weight is 270 g/mol. The molecule has 1 aromatic heterocycles. The fourth-order valence-corrected chi connectivity index (χ4v) is 1.49. The van der Waals surface area contributed by atoms with E-state index in [2.05, 4.69) is 10.3 Å². The molecular formula is C13H20ClN3O. The van der Waals surface area contributed by atoms with E-state index in [1.807, 2.05) is 34.6 Å². The lowest BCUT2D eigenvalue weighted by atomic mass is 9.74. The van der Waals surface area contributed by atoms with Crippen molar-refractivity contribution in [3.05, 3.63) is 23.0 Å². The molecule has 1 aromatic rings. The zero-order chi connectivity index (χ0) is 14.1. The quantitative estimate of drug-likeness (QED) is 0.829. The smallest absolute Gasteiger partial charge is 0.231 e. The first-order valence-electron chi connectivity index (χ1n) is 5.79. The Balaban J connectivity index is 3.03. The average Bonchev–Trinajstić information content (AvgIpc) is 2.21. The Bertz CT molecular complexity index is 444. The van der Waals surface area contributed by atoms with Crippen molar-refractivity contribution in [1.29, 1.82) is 0 Å². The number of aryl methyl sites for hydroxylation is 1. The van der Waals surface area contributed by atoms with E-state index < -0.39 is 11.0 Å². The summed E-state index contributed by atoms with van der Waals surface area (Å²) in [6, 6.07) is 1.79. The van der Waals surface area contributed by atoms with Crippen LogP contribution in [0.3, 0.4) is 0 Å². The van der Waals surface area contributed by atoms with Crippen molar-refractivity contribution in [3.63, 3.8) is 0 Å². The number of nitrogens with zero attached hydrogens (tertiary/aromatic N) is 1. The minimum Gasteiger partial charge on any atom is -0.325 e. The summed E-state index contributed by atoms with van der Waals surface area (Å²) < 4.78 is 0. The molecule has 0 aliphatic carbocycles. The third-order valence-corrected chi connectivity index (χ3v) is 3.82. The summed E-state index contributed by atoms with van der Waals surface area (Å²) in [6.07, 6.45) is 1.60. The van der Waals surface area contributed by atoms with Crippen LogP contribution in [0.1, 0.15) is 33.3 Å². The van der Waals surface area contributed by atoms with Crippen LogP contribution in [0.15, 0.2) is 12.3 Å². The Kier molecular flexibility index (Phi) is 4.03. The van der Waals surface area contributed by atoms with E-state index >= 15 is 0 Å². The van der Waals surface area contributed by atoms with Crippen LogP contribution in [0.2, 0.25) is 5.15 Å². The highest BCUT2D eigenvalue weighted by Crippen LogP contribution is 2.31. The number of anilines is 1. The summed E-state index contributed by atoms with van der Waals surface area (Å²) in [6.45, 7) is 9.13. The highest BCUT2D eigenvalue weighted by Gasteiger charge is 2.40. The molecule has 3 N–H and O–H groups in total. The van der Waals surface area contributed by atoms with Gasteiger partial charge < -0.3 is 11.1 Å². The summed E-state index contributed by atoms with van der Waals surface area (Å²) in [7, 11) is 0. The number of rotatable bonds is 3. The molecule has 100 valence electrons. The molecule has 1 heterocycles. The largest absolute Gasteiger partial charge is 0.325 e. The minimum atomic E-state index is -0.724. The van der Waals surface area contributed by atoms with Crippen LogP contribution in [-0.4, -0.2) is 16.4 Å². The van der Waals surface area contributed by atoms with Gasteiger partial charge in [-0.15, -0.1) is 0 Å². The lowest BCUT2D eigenvalue weighted by Gasteiger charge is -2.37. The Labute approximate surface area is 113 Å². The van der Waals surface area contributed by atoms with Crippen LogP contribution in [0.5, 0.6) is 0 Å². The van der Waals surface area contributed by atoms with Gasteiger partial charge in [-0.1, -0.05) is 11.6 Å². The van der Waals surface area contributed by atoms with Gasteiger partial charge in [-0.3, -0.25) is 4.79 Å². The molecule has 0 spiro atoms. The molecule has 0 saturated carbocycles. The first-order chi connectivity index (χ1) is 8.07. The van der Waals surface area contributed by atoms with Gasteiger partial charge in [0, 0.05) is 11.7 Å². The van der Waals surface area contributed by atoms with Crippen LogP contribution in [0, 0.1) is 12.3 Å². The van der Waals surface area contributed by atoms with Crippen LogP contribution < -0.4 is 11.1 Å². The van der Waals surface area contributed by atoms with Crippen molar-refractivity contribution >= 4 is 23.2 Å². The zero-order valence-corrected chi connectivity index (χ0v) is 12.2. The molecule has 1 amide bonds. The van der Waals surface area contributed by atoms with Gasteiger partial charge in [-0.2, -0.15) is 0 Å². The van der Waals surface area contributed by atoms with Gasteiger partial charge in [-0.05, 0) is 46.2 Å². The van der Waals surface area contributed by atoms with Crippen molar-refractivity contribution in [2.24, 2.45) is 11.1 Å². The van der Waals surface area contributed by atoms with E-state index in [0.29, 0.717) is 5.69 Å². The minimum absolute atomic E-state index is 0.173. The maximum Gasteiger partial charge on any atom is 0.231 e. The van der Waals surface area contributed by atoms with E-state index in [1.54, 1.807) is 12.3 Å². The molecule has 0 unspecified atom stereocenters. The maximum absolute atomic E-state index is 12.3. The second kappa shape index (κ2) is 4.86. The normalized spacial score (nSPS) is 12.4. The summed E-state index contributed by atoms with van der Waals surface area (Å²) in [5, 5.41) is 3.10. The molecule has 0 aliphatic rings. The number of carbonyl (C=O) groups excluding carboxylic acids is 1. The van der Waals surface area contributed by atoms with Crippen molar-refractivity contribution in [2.45, 2.75) is 40.2 Å². The third kappa shape index (κ3) is 2.82. The Morgan fingerprint density at radius 1 is 1.39 bits per heavy atom. The lowest BCUT2D eigenvalue weighted by Crippen LogP contribution is -2.53. The number of hydrogen-bond donors (Lipinski definition) is 2. The summed E-state index contributed by atoms with van der Waals surface area (Å²) >= 11 is 5.98. The number of pyridine rings is 1. The molecule has 0 radical (unpaired) electrons. The Hall–Kier alpha value is -1.13. The third-order valence-electron chi connectivity index (χ3n) is 3.53. The highest BCUT2D eigenvalue weighted by molar-refractivity contribution is 6.32. The first-order valence-corrected chi connectivity index (χ1v) is 6.16. The second-order valence-electron chi connectivity index (χ2n) is 5.59. The van der Waals surface area contributed by atoms with E-state index in [0.717, 1.165) is 5.56 Å². The molecular weight excluding hydrogens is 250 g/mol. The van der Waals surface area contributed by atoms with Gasteiger partial charge in [0.2, 0.25) is 5.91 Å². The number of aromatic nitrogens is 1. The number of carbonyl (C=O) groups is 1. The second-order valence-corrected chi connectivity index (χ2v) is 5.95. The van der Waals surface area contributed by atoms with Gasteiger partial charge in [0.1, 0.15) is 0 Å². The van der Waals surface area contributed by atoms with Crippen LogP contribution in [0.4, 0.5) is 5.69 Å². The monoisotopic (exact) mass is 269 g/mol. The molecule has 0 bridgehead atoms. The number of hydrogen-bond acceptors (Lipinski definition) is 3. The summed E-state index contributed by atoms with van der Waals surface area (Å²) in [5.74, 6) is -0.173. The molecule has 0 aromatic carbocycles. The van der Waals surface area contributed by atoms with Crippen molar-refractivity contribution < 1.29 is 4.79 Å². The highest BCUT2D eigenvalue weighted by atomic mass is 35.5. The predicted molar refractivity (Wildman–Crippen MR) is 74.7 cm³/mol. The van der Waals surface area contributed by atoms with Gasteiger partial charge >= 0.3 is 0 Å². The van der Waals surface area contributed by atoms with Gasteiger partial charge in [0.25, 0.3) is 0 Å². The molecule has 0 saturated heterocycles. The number of amides is 1. The summed E-state index contributed by atoms with van der Waals surface area (Å²) in [5.41, 5.74) is 6.08. The molecule has 18 heavy (non-hydrogen) atoms. The van der Waals surface area contributed by atoms with Crippen LogP contribution in [-0.2, 0) is 4.79 Å². The SMILES string of the molecule is Cc1ccnc(Cl)c1NC(=O)C(C)(C)C(C)(C)N. The lowest BCUT2D eigenvalue weighted by molar-refractivity contribution is -0.126. The van der Waals surface area contributed by atoms with Crippen molar-refractivity contribution in [2.75, 3.05) is 5.32 Å². The van der Waals surface area contributed by atoms with Crippen molar-refractivity contribution in [1.82, 2.24) is 4.98 Å². The molecule has 0 fully saturated rings. The fourth-order valence-electron chi connectivity index (χ4n) is 1.24. The molecule has 4 nitrogen and oxygen atoms in total. The molecule has 0 atom stereocenters. The molecule has 1 rings (SSSR count). The number of nitrogens with two attached hydrogens (primary N) is 1. The first kappa shape index (κ1) is 14.9. The zero-order valence-electron chi connectivity index (χ0n) is 11.5. The van der Waals surface area contributed by atoms with Crippen LogP contribution >= 0.6 is 11.6 Å². The van der Waals surface area contributed by atoms with Crippen LogP contribution in [0.25, 0.3) is 0 Å². The summed E-state index contributed by atoms with van der Waals surface area (Å²) in [4.78, 5) is 16.3. The number of nitrogens with one attached hydrogen (secondary N) is 1. The van der Waals surface area contributed by atoms with E-state index in [1.165, 1.54) is 0 Å². The van der Waals surface area contributed by atoms with E-state index in [9.17, 15) is 4.79 Å². The van der Waals surface area contributed by atoms with Gasteiger partial charge in [-0.25, -0.2) is 4.98 Å². The topological polar surface area (TPSA) is 68.0 Å². The fraction of sp³-hybridized carbons (Fsp3) is 0.538. The Morgan fingerprint density at radius 2 is 1.94 bits per heavy atom. The maximum atomic E-state index is 12.3. The Morgan fingerprint density at radius 3 is 2.39 bits per heavy atom. The van der Waals surface area contributed by atoms with Gasteiger partial charge in [0.05, 0.1) is 11.1 Å². The number of halogens is 1. The predicted octanol–water partition coefficient (Wildman–Crippen LogP) is 2.75. The van der Waals surface area contributed by atoms with Gasteiger partial charge in [0.15, 0.2) is 5.15 Å². The van der Waals surface area contributed by atoms with E-state index in [4.69, 9.17) is 17.3 Å². The molecule has 5 heteroatoms. The standard InChI is InChI=1S/C13H20ClN3O/c1-8-6-7-16-10(14)9(8)17-11(18)12(2,3)13(4,5)15/h6-7H,15H2,1-5H3,(H,17,18). The van der Waals surface area contributed by atoms with Crippen molar-refractivity contribution in [3.8, 4) is 0 Å².